The molecule has 1 atom stereocenters. The van der Waals surface area contributed by atoms with E-state index in [0.29, 0.717) is 18.0 Å². The molecule has 24 heavy (non-hydrogen) atoms. The first-order valence-corrected chi connectivity index (χ1v) is 8.67. The number of thiophene rings is 1. The summed E-state index contributed by atoms with van der Waals surface area (Å²) in [5, 5.41) is 2.06. The van der Waals surface area contributed by atoms with Crippen molar-refractivity contribution in [1.29, 1.82) is 0 Å². The van der Waals surface area contributed by atoms with Gasteiger partial charge in [-0.1, -0.05) is 0 Å². The SMILES string of the molecule is C[C@@H]1c2ccsc2CCN1C(=O)c1ccc(-c2ccco2)[nH]c1=O. The zero-order chi connectivity index (χ0) is 16.7. The number of nitrogens with zero attached hydrogens (tertiary/aromatic N) is 1. The number of H-pyrrole nitrogens is 1. The minimum atomic E-state index is -0.391. The summed E-state index contributed by atoms with van der Waals surface area (Å²) in [5.41, 5.74) is 1.52. The van der Waals surface area contributed by atoms with Gasteiger partial charge in [0.15, 0.2) is 0 Å². The van der Waals surface area contributed by atoms with Crippen molar-refractivity contribution < 1.29 is 9.21 Å². The van der Waals surface area contributed by atoms with Crippen LogP contribution in [0.3, 0.4) is 0 Å². The van der Waals surface area contributed by atoms with Crippen LogP contribution in [0.2, 0.25) is 0 Å². The van der Waals surface area contributed by atoms with Crippen LogP contribution in [0, 0.1) is 0 Å². The molecule has 0 bridgehead atoms. The van der Waals surface area contributed by atoms with Gasteiger partial charge >= 0.3 is 0 Å². The van der Waals surface area contributed by atoms with E-state index in [1.165, 1.54) is 10.4 Å². The summed E-state index contributed by atoms with van der Waals surface area (Å²) in [6.45, 7) is 2.64. The summed E-state index contributed by atoms with van der Waals surface area (Å²) in [4.78, 5) is 31.1. The summed E-state index contributed by atoms with van der Waals surface area (Å²) in [6, 6.07) is 8.84. The van der Waals surface area contributed by atoms with Crippen molar-refractivity contribution in [3.8, 4) is 11.5 Å². The second-order valence-corrected chi connectivity index (χ2v) is 6.82. The fourth-order valence-corrected chi connectivity index (χ4v) is 4.12. The Morgan fingerprint density at radius 2 is 2.21 bits per heavy atom. The van der Waals surface area contributed by atoms with Crippen LogP contribution < -0.4 is 5.56 Å². The lowest BCUT2D eigenvalue weighted by Gasteiger charge is -2.33. The molecule has 0 saturated heterocycles. The first-order valence-electron chi connectivity index (χ1n) is 7.79. The Bertz CT molecular complexity index is 939. The minimum Gasteiger partial charge on any atom is -0.463 e. The molecular formula is C18H16N2O3S. The normalized spacial score (nSPS) is 16.9. The molecule has 0 fully saturated rings. The molecule has 1 amide bonds. The van der Waals surface area contributed by atoms with Crippen LogP contribution in [0.5, 0.6) is 0 Å². The van der Waals surface area contributed by atoms with Crippen LogP contribution in [0.15, 0.2) is 51.2 Å². The van der Waals surface area contributed by atoms with Gasteiger partial charge < -0.3 is 14.3 Å². The molecule has 4 rings (SSSR count). The molecule has 4 heterocycles. The molecule has 0 aromatic carbocycles. The van der Waals surface area contributed by atoms with E-state index in [0.717, 1.165) is 6.42 Å². The molecule has 0 spiro atoms. The average molecular weight is 340 g/mol. The van der Waals surface area contributed by atoms with Gasteiger partial charge in [0.2, 0.25) is 0 Å². The molecule has 122 valence electrons. The second-order valence-electron chi connectivity index (χ2n) is 5.82. The highest BCUT2D eigenvalue weighted by Crippen LogP contribution is 2.33. The highest BCUT2D eigenvalue weighted by Gasteiger charge is 2.30. The van der Waals surface area contributed by atoms with Crippen LogP contribution in [0.25, 0.3) is 11.5 Å². The first kappa shape index (κ1) is 15.0. The maximum absolute atomic E-state index is 12.8. The number of aromatic amines is 1. The predicted octanol–water partition coefficient (Wildman–Crippen LogP) is 3.46. The Balaban J connectivity index is 1.65. The third kappa shape index (κ3) is 2.39. The number of amides is 1. The van der Waals surface area contributed by atoms with Gasteiger partial charge in [-0.2, -0.15) is 0 Å². The zero-order valence-corrected chi connectivity index (χ0v) is 13.9. The molecule has 1 aliphatic heterocycles. The smallest absolute Gasteiger partial charge is 0.261 e. The van der Waals surface area contributed by atoms with Crippen LogP contribution >= 0.6 is 11.3 Å². The zero-order valence-electron chi connectivity index (χ0n) is 13.1. The number of carbonyl (C=O) groups is 1. The molecule has 0 unspecified atom stereocenters. The first-order chi connectivity index (χ1) is 11.6. The lowest BCUT2D eigenvalue weighted by atomic mass is 10.0. The summed E-state index contributed by atoms with van der Waals surface area (Å²) >= 11 is 1.73. The molecular weight excluding hydrogens is 324 g/mol. The van der Waals surface area contributed by atoms with Crippen LogP contribution in [0.4, 0.5) is 0 Å². The lowest BCUT2D eigenvalue weighted by molar-refractivity contribution is 0.0677. The highest BCUT2D eigenvalue weighted by atomic mass is 32.1. The molecule has 1 N–H and O–H groups in total. The van der Waals surface area contributed by atoms with Crippen molar-refractivity contribution in [2.75, 3.05) is 6.54 Å². The Morgan fingerprint density at radius 1 is 1.33 bits per heavy atom. The van der Waals surface area contributed by atoms with E-state index in [-0.39, 0.29) is 17.5 Å². The third-order valence-corrected chi connectivity index (χ3v) is 5.46. The topological polar surface area (TPSA) is 66.3 Å². The molecule has 0 aliphatic carbocycles. The van der Waals surface area contributed by atoms with Gasteiger partial charge in [0.05, 0.1) is 18.0 Å². The Hall–Kier alpha value is -2.60. The van der Waals surface area contributed by atoms with Gasteiger partial charge in [0.25, 0.3) is 11.5 Å². The number of pyridine rings is 1. The Kier molecular flexibility index (Phi) is 3.61. The van der Waals surface area contributed by atoms with E-state index in [1.54, 1.807) is 46.8 Å². The number of hydrogen-bond acceptors (Lipinski definition) is 4. The van der Waals surface area contributed by atoms with Gasteiger partial charge in [-0.15, -0.1) is 11.3 Å². The number of carbonyl (C=O) groups excluding carboxylic acids is 1. The van der Waals surface area contributed by atoms with Crippen LogP contribution in [-0.2, 0) is 6.42 Å². The fourth-order valence-electron chi connectivity index (χ4n) is 3.16. The number of fused-ring (bicyclic) bond motifs is 1. The quantitative estimate of drug-likeness (QED) is 0.777. The van der Waals surface area contributed by atoms with E-state index < -0.39 is 5.56 Å². The van der Waals surface area contributed by atoms with Crippen molar-refractivity contribution in [1.82, 2.24) is 9.88 Å². The molecule has 6 heteroatoms. The number of furan rings is 1. The van der Waals surface area contributed by atoms with E-state index in [4.69, 9.17) is 4.42 Å². The maximum atomic E-state index is 12.8. The van der Waals surface area contributed by atoms with Crippen LogP contribution in [-0.4, -0.2) is 22.3 Å². The molecule has 0 saturated carbocycles. The summed E-state index contributed by atoms with van der Waals surface area (Å²) < 4.78 is 5.27. The maximum Gasteiger partial charge on any atom is 0.261 e. The molecule has 0 radical (unpaired) electrons. The Labute approximate surface area is 142 Å². The second kappa shape index (κ2) is 5.79. The van der Waals surface area contributed by atoms with Crippen molar-refractivity contribution in [2.24, 2.45) is 0 Å². The molecule has 3 aromatic rings. The van der Waals surface area contributed by atoms with E-state index in [1.807, 2.05) is 6.92 Å². The monoisotopic (exact) mass is 340 g/mol. The Morgan fingerprint density at radius 3 is 2.96 bits per heavy atom. The number of nitrogens with one attached hydrogen (secondary N) is 1. The van der Waals surface area contributed by atoms with Crippen LogP contribution in [0.1, 0.15) is 33.8 Å². The molecule has 3 aromatic heterocycles. The number of rotatable bonds is 2. The molecule has 1 aliphatic rings. The van der Waals surface area contributed by atoms with E-state index in [2.05, 4.69) is 16.4 Å². The minimum absolute atomic E-state index is 0.0170. The fraction of sp³-hybridized carbons (Fsp3) is 0.222. The van der Waals surface area contributed by atoms with Gasteiger partial charge in [0.1, 0.15) is 11.3 Å². The number of aromatic nitrogens is 1. The summed E-state index contributed by atoms with van der Waals surface area (Å²) in [7, 11) is 0. The summed E-state index contributed by atoms with van der Waals surface area (Å²) in [5.74, 6) is 0.340. The van der Waals surface area contributed by atoms with Gasteiger partial charge in [-0.05, 0) is 54.6 Å². The average Bonchev–Trinajstić information content (AvgIpc) is 3.26. The predicted molar refractivity (Wildman–Crippen MR) is 92.2 cm³/mol. The lowest BCUT2D eigenvalue weighted by Crippen LogP contribution is -2.40. The third-order valence-electron chi connectivity index (χ3n) is 4.46. The van der Waals surface area contributed by atoms with Crippen molar-refractivity contribution in [3.05, 3.63) is 68.3 Å². The van der Waals surface area contributed by atoms with Crippen molar-refractivity contribution >= 4 is 17.2 Å². The largest absolute Gasteiger partial charge is 0.463 e. The number of hydrogen-bond donors (Lipinski definition) is 1. The van der Waals surface area contributed by atoms with Crippen molar-refractivity contribution in [3.63, 3.8) is 0 Å². The van der Waals surface area contributed by atoms with E-state index in [9.17, 15) is 9.59 Å². The summed E-state index contributed by atoms with van der Waals surface area (Å²) in [6.07, 6.45) is 2.38. The van der Waals surface area contributed by atoms with Gasteiger partial charge in [-0.3, -0.25) is 9.59 Å². The molecule has 5 nitrogen and oxygen atoms in total. The standard InChI is InChI=1S/C18H16N2O3S/c1-11-12-7-10-24-16(12)6-8-20(11)18(22)13-4-5-14(19-17(13)21)15-3-2-9-23-15/h2-5,7,9-11H,6,8H2,1H3,(H,19,21)/t11-/m1/s1. The van der Waals surface area contributed by atoms with E-state index >= 15 is 0 Å². The van der Waals surface area contributed by atoms with Crippen molar-refractivity contribution in [2.45, 2.75) is 19.4 Å². The van der Waals surface area contributed by atoms with Gasteiger partial charge in [-0.25, -0.2) is 0 Å². The van der Waals surface area contributed by atoms with Gasteiger partial charge in [0, 0.05) is 11.4 Å². The highest BCUT2D eigenvalue weighted by molar-refractivity contribution is 7.10.